The summed E-state index contributed by atoms with van der Waals surface area (Å²) in [5.41, 5.74) is 6.48. The summed E-state index contributed by atoms with van der Waals surface area (Å²) < 4.78 is 0. The molecule has 1 heterocycles. The maximum absolute atomic E-state index is 12.6. The highest BCUT2D eigenvalue weighted by Crippen LogP contribution is 2.06. The van der Waals surface area contributed by atoms with Crippen LogP contribution in [0.25, 0.3) is 0 Å². The van der Waals surface area contributed by atoms with Crippen molar-refractivity contribution in [3.8, 4) is 0 Å². The van der Waals surface area contributed by atoms with E-state index in [4.69, 9.17) is 10.8 Å². The van der Waals surface area contributed by atoms with Gasteiger partial charge in [-0.25, -0.2) is 9.78 Å². The van der Waals surface area contributed by atoms with Crippen LogP contribution in [0, 0.1) is 5.92 Å². The molecule has 8 N–H and O–H groups in total. The molecule has 0 aliphatic rings. The van der Waals surface area contributed by atoms with Gasteiger partial charge in [-0.15, -0.1) is 0 Å². The largest absolute Gasteiger partial charge is 0.481 e. The fourth-order valence-electron chi connectivity index (χ4n) is 2.71. The number of rotatable bonds is 13. The van der Waals surface area contributed by atoms with E-state index in [0.717, 1.165) is 0 Å². The van der Waals surface area contributed by atoms with Crippen molar-refractivity contribution in [2.75, 3.05) is 0 Å². The van der Waals surface area contributed by atoms with Crippen molar-refractivity contribution in [3.63, 3.8) is 0 Å². The number of hydrogen-bond donors (Lipinski definition) is 7. The number of carboxylic acid groups (broad SMARTS) is 2. The fraction of sp³-hybridized carbons (Fsp3) is 0.579. The molecule has 0 aliphatic carbocycles. The van der Waals surface area contributed by atoms with E-state index in [0.29, 0.717) is 5.69 Å². The molecule has 0 spiro atoms. The van der Waals surface area contributed by atoms with Gasteiger partial charge in [-0.1, -0.05) is 13.8 Å². The lowest BCUT2D eigenvalue weighted by Crippen LogP contribution is -2.57. The van der Waals surface area contributed by atoms with Gasteiger partial charge in [0.1, 0.15) is 18.1 Å². The van der Waals surface area contributed by atoms with Crippen molar-refractivity contribution in [3.05, 3.63) is 18.2 Å². The molecule has 178 valence electrons. The van der Waals surface area contributed by atoms with E-state index in [2.05, 4.69) is 25.9 Å². The molecule has 0 aromatic carbocycles. The molecular weight excluding hydrogens is 424 g/mol. The predicted molar refractivity (Wildman–Crippen MR) is 111 cm³/mol. The molecule has 32 heavy (non-hydrogen) atoms. The first-order chi connectivity index (χ1) is 14.9. The van der Waals surface area contributed by atoms with E-state index in [9.17, 15) is 29.1 Å². The van der Waals surface area contributed by atoms with Crippen molar-refractivity contribution in [2.24, 2.45) is 11.7 Å². The second kappa shape index (κ2) is 12.4. The summed E-state index contributed by atoms with van der Waals surface area (Å²) in [5.74, 6) is -5.03. The van der Waals surface area contributed by atoms with Crippen LogP contribution in [-0.4, -0.2) is 74.0 Å². The third-order valence-corrected chi connectivity index (χ3v) is 4.59. The maximum Gasteiger partial charge on any atom is 0.326 e. The van der Waals surface area contributed by atoms with Crippen LogP contribution >= 0.6 is 0 Å². The van der Waals surface area contributed by atoms with Crippen molar-refractivity contribution >= 4 is 29.7 Å². The summed E-state index contributed by atoms with van der Waals surface area (Å²) in [6.07, 6.45) is 2.40. The molecule has 0 saturated carbocycles. The lowest BCUT2D eigenvalue weighted by molar-refractivity contribution is -0.143. The molecule has 0 bridgehead atoms. The van der Waals surface area contributed by atoms with Gasteiger partial charge in [0.25, 0.3) is 0 Å². The predicted octanol–water partition coefficient (Wildman–Crippen LogP) is -1.64. The van der Waals surface area contributed by atoms with Crippen LogP contribution in [0.2, 0.25) is 0 Å². The Labute approximate surface area is 184 Å². The quantitative estimate of drug-likeness (QED) is 0.181. The number of nitrogens with one attached hydrogen (secondary N) is 4. The van der Waals surface area contributed by atoms with Gasteiger partial charge in [0.15, 0.2) is 0 Å². The van der Waals surface area contributed by atoms with Gasteiger partial charge in [-0.3, -0.25) is 19.2 Å². The zero-order valence-electron chi connectivity index (χ0n) is 18.1. The second-order valence-electron chi connectivity index (χ2n) is 7.68. The number of carboxylic acids is 2. The van der Waals surface area contributed by atoms with Crippen LogP contribution in [0.5, 0.6) is 0 Å². The number of hydrogen-bond acceptors (Lipinski definition) is 7. The van der Waals surface area contributed by atoms with Gasteiger partial charge in [-0.2, -0.15) is 0 Å². The monoisotopic (exact) mass is 454 g/mol. The molecule has 1 rings (SSSR count). The minimum atomic E-state index is -1.42. The summed E-state index contributed by atoms with van der Waals surface area (Å²) in [7, 11) is 0. The molecule has 13 heteroatoms. The lowest BCUT2D eigenvalue weighted by atomic mass is 10.0. The highest BCUT2D eigenvalue weighted by Gasteiger charge is 2.30. The van der Waals surface area contributed by atoms with Crippen molar-refractivity contribution < 1.29 is 34.2 Å². The average Bonchev–Trinajstić information content (AvgIpc) is 3.20. The molecule has 0 saturated heterocycles. The molecule has 0 aliphatic heterocycles. The summed E-state index contributed by atoms with van der Waals surface area (Å²) in [4.78, 5) is 66.0. The number of carbonyl (C=O) groups excluding carboxylic acids is 3. The molecule has 3 amide bonds. The first-order valence-electron chi connectivity index (χ1n) is 10.0. The Bertz CT molecular complexity index is 811. The minimum absolute atomic E-state index is 0.185. The van der Waals surface area contributed by atoms with E-state index in [-0.39, 0.29) is 12.8 Å². The molecule has 1 aromatic rings. The second-order valence-corrected chi connectivity index (χ2v) is 7.68. The van der Waals surface area contributed by atoms with Crippen LogP contribution < -0.4 is 21.7 Å². The van der Waals surface area contributed by atoms with E-state index in [1.54, 1.807) is 13.8 Å². The standard InChI is InChI=1S/C19H30N6O7/c1-9(2)15(18(30)24-13(19(31)32)4-5-14(26)27)25-16(28)10(3)23-17(29)12(20)6-11-7-21-8-22-11/h7-10,12-13,15H,4-6,20H2,1-3H3,(H,21,22)(H,23,29)(H,24,30)(H,25,28)(H,26,27)(H,31,32). The van der Waals surface area contributed by atoms with Crippen LogP contribution in [0.1, 0.15) is 39.3 Å². The number of nitrogens with two attached hydrogens (primary N) is 1. The van der Waals surface area contributed by atoms with E-state index >= 15 is 0 Å². The SMILES string of the molecule is CC(NC(=O)C(N)Cc1cnc[nH]1)C(=O)NC(C(=O)NC(CCC(=O)O)C(=O)O)C(C)C. The highest BCUT2D eigenvalue weighted by molar-refractivity contribution is 5.94. The topological polar surface area (TPSA) is 217 Å². The number of aromatic amines is 1. The number of aromatic nitrogens is 2. The number of aliphatic carboxylic acids is 2. The number of imidazole rings is 1. The average molecular weight is 454 g/mol. The molecule has 0 radical (unpaired) electrons. The van der Waals surface area contributed by atoms with Crippen LogP contribution in [0.4, 0.5) is 0 Å². The minimum Gasteiger partial charge on any atom is -0.481 e. The van der Waals surface area contributed by atoms with Gasteiger partial charge in [0, 0.05) is 24.7 Å². The Morgan fingerprint density at radius 2 is 1.69 bits per heavy atom. The Kier molecular flexibility index (Phi) is 10.3. The van der Waals surface area contributed by atoms with Gasteiger partial charge < -0.3 is 36.9 Å². The lowest BCUT2D eigenvalue weighted by Gasteiger charge is -2.25. The normalized spacial score (nSPS) is 14.7. The molecule has 13 nitrogen and oxygen atoms in total. The molecule has 4 atom stereocenters. The summed E-state index contributed by atoms with van der Waals surface area (Å²) in [5, 5.41) is 25.1. The third kappa shape index (κ3) is 8.71. The zero-order chi connectivity index (χ0) is 24.4. The molecule has 4 unspecified atom stereocenters. The Balaban J connectivity index is 2.69. The Hall–Kier alpha value is -3.48. The maximum atomic E-state index is 12.6. The molecule has 0 fully saturated rings. The highest BCUT2D eigenvalue weighted by atomic mass is 16.4. The van der Waals surface area contributed by atoms with E-state index < -0.39 is 66.2 Å². The van der Waals surface area contributed by atoms with Gasteiger partial charge >= 0.3 is 11.9 Å². The van der Waals surface area contributed by atoms with Crippen LogP contribution in [0.15, 0.2) is 12.5 Å². The zero-order valence-corrected chi connectivity index (χ0v) is 18.1. The van der Waals surface area contributed by atoms with E-state index in [1.807, 2.05) is 0 Å². The van der Waals surface area contributed by atoms with Crippen molar-refractivity contribution in [2.45, 2.75) is 64.2 Å². The first-order valence-corrected chi connectivity index (χ1v) is 10.0. The number of nitrogens with zero attached hydrogens (tertiary/aromatic N) is 1. The van der Waals surface area contributed by atoms with E-state index in [1.165, 1.54) is 19.4 Å². The van der Waals surface area contributed by atoms with Gasteiger partial charge in [0.2, 0.25) is 17.7 Å². The Morgan fingerprint density at radius 3 is 2.19 bits per heavy atom. The summed E-state index contributed by atoms with van der Waals surface area (Å²) in [6, 6.07) is -4.48. The first kappa shape index (κ1) is 26.6. The molecular formula is C19H30N6O7. The van der Waals surface area contributed by atoms with Crippen molar-refractivity contribution in [1.29, 1.82) is 0 Å². The molecule has 1 aromatic heterocycles. The number of H-pyrrole nitrogens is 1. The van der Waals surface area contributed by atoms with Gasteiger partial charge in [0.05, 0.1) is 12.4 Å². The fourth-order valence-corrected chi connectivity index (χ4v) is 2.71. The van der Waals surface area contributed by atoms with Crippen LogP contribution in [0.3, 0.4) is 0 Å². The summed E-state index contributed by atoms with van der Waals surface area (Å²) >= 11 is 0. The van der Waals surface area contributed by atoms with Gasteiger partial charge in [-0.05, 0) is 19.3 Å². The Morgan fingerprint density at radius 1 is 1.03 bits per heavy atom. The number of carbonyl (C=O) groups is 5. The van der Waals surface area contributed by atoms with Crippen molar-refractivity contribution in [1.82, 2.24) is 25.9 Å². The third-order valence-electron chi connectivity index (χ3n) is 4.59. The smallest absolute Gasteiger partial charge is 0.326 e. The van der Waals surface area contributed by atoms with Crippen LogP contribution in [-0.2, 0) is 30.4 Å². The summed E-state index contributed by atoms with van der Waals surface area (Å²) in [6.45, 7) is 4.70. The number of amides is 3.